The van der Waals surface area contributed by atoms with E-state index in [1.165, 1.54) is 11.6 Å². The maximum Gasteiger partial charge on any atom is 0.417 e. The number of rotatable bonds is 5. The first-order chi connectivity index (χ1) is 12.6. The van der Waals surface area contributed by atoms with Gasteiger partial charge in [-0.25, -0.2) is 9.07 Å². The quantitative estimate of drug-likeness (QED) is 0.765. The Kier molecular flexibility index (Phi) is 5.76. The first-order valence-corrected chi connectivity index (χ1v) is 7.87. The summed E-state index contributed by atoms with van der Waals surface area (Å²) in [6, 6.07) is 0.134. The van der Waals surface area contributed by atoms with Crippen LogP contribution in [-0.4, -0.2) is 38.6 Å². The average Bonchev–Trinajstić information content (AvgIpc) is 3.00. The number of carbonyl (C=O) groups excluding carboxylic acids is 2. The summed E-state index contributed by atoms with van der Waals surface area (Å²) in [6.45, 7) is 4.62. The van der Waals surface area contributed by atoms with E-state index in [0.717, 1.165) is 6.92 Å². The summed E-state index contributed by atoms with van der Waals surface area (Å²) in [5, 5.41) is 14.9. The highest BCUT2D eigenvalue weighted by molar-refractivity contribution is 6.08. The van der Waals surface area contributed by atoms with Crippen molar-refractivity contribution in [3.05, 3.63) is 34.1 Å². The summed E-state index contributed by atoms with van der Waals surface area (Å²) in [6.07, 6.45) is -4.98. The van der Waals surface area contributed by atoms with E-state index in [-0.39, 0.29) is 18.6 Å². The molecular formula is C15H16F4N6O2. The molecule has 0 fully saturated rings. The van der Waals surface area contributed by atoms with Crippen molar-refractivity contribution < 1.29 is 27.2 Å². The fourth-order valence-electron chi connectivity index (χ4n) is 2.49. The summed E-state index contributed by atoms with van der Waals surface area (Å²) in [5.74, 6) is -3.66. The summed E-state index contributed by atoms with van der Waals surface area (Å²) in [7, 11) is 0. The highest BCUT2D eigenvalue weighted by Gasteiger charge is 2.38. The van der Waals surface area contributed by atoms with E-state index in [1.807, 2.05) is 0 Å². The molecular weight excluding hydrogens is 372 g/mol. The lowest BCUT2D eigenvalue weighted by Crippen LogP contribution is -2.29. The monoisotopic (exact) mass is 388 g/mol. The van der Waals surface area contributed by atoms with Gasteiger partial charge in [0.05, 0.1) is 16.7 Å². The summed E-state index contributed by atoms with van der Waals surface area (Å²) in [5.41, 5.74) is -3.42. The van der Waals surface area contributed by atoms with Crippen LogP contribution in [0.15, 0.2) is 6.07 Å². The summed E-state index contributed by atoms with van der Waals surface area (Å²) in [4.78, 5) is 24.6. The Morgan fingerprint density at radius 3 is 2.41 bits per heavy atom. The van der Waals surface area contributed by atoms with Gasteiger partial charge >= 0.3 is 6.18 Å². The molecule has 2 rings (SSSR count). The van der Waals surface area contributed by atoms with Crippen molar-refractivity contribution in [1.29, 1.82) is 0 Å². The Morgan fingerprint density at radius 2 is 1.85 bits per heavy atom. The van der Waals surface area contributed by atoms with Gasteiger partial charge in [0.15, 0.2) is 0 Å². The van der Waals surface area contributed by atoms with Gasteiger partial charge in [-0.2, -0.15) is 13.2 Å². The molecule has 0 aliphatic carbocycles. The number of anilines is 1. The van der Waals surface area contributed by atoms with Gasteiger partial charge in [0.1, 0.15) is 5.82 Å². The third-order valence-corrected chi connectivity index (χ3v) is 3.68. The van der Waals surface area contributed by atoms with Crippen molar-refractivity contribution in [2.24, 2.45) is 0 Å². The van der Waals surface area contributed by atoms with E-state index in [2.05, 4.69) is 26.2 Å². The second kappa shape index (κ2) is 7.68. The molecule has 1 heterocycles. The van der Waals surface area contributed by atoms with E-state index in [4.69, 9.17) is 0 Å². The van der Waals surface area contributed by atoms with Gasteiger partial charge in [-0.3, -0.25) is 14.9 Å². The molecule has 1 aromatic heterocycles. The molecule has 0 saturated carbocycles. The van der Waals surface area contributed by atoms with Crippen LogP contribution in [0.2, 0.25) is 0 Å². The number of halogens is 4. The summed E-state index contributed by atoms with van der Waals surface area (Å²) >= 11 is 0. The Balaban J connectivity index is 2.58. The van der Waals surface area contributed by atoms with Crippen molar-refractivity contribution in [3.63, 3.8) is 0 Å². The molecule has 2 N–H and O–H groups in total. The second-order valence-corrected chi connectivity index (χ2v) is 5.41. The van der Waals surface area contributed by atoms with E-state index < -0.39 is 46.1 Å². The molecule has 27 heavy (non-hydrogen) atoms. The average molecular weight is 388 g/mol. The van der Waals surface area contributed by atoms with Gasteiger partial charge in [-0.1, -0.05) is 5.10 Å². The predicted molar refractivity (Wildman–Crippen MR) is 85.6 cm³/mol. The zero-order valence-corrected chi connectivity index (χ0v) is 14.6. The van der Waals surface area contributed by atoms with E-state index in [1.54, 1.807) is 6.92 Å². The highest BCUT2D eigenvalue weighted by Crippen LogP contribution is 2.35. The largest absolute Gasteiger partial charge is 0.417 e. The fourth-order valence-corrected chi connectivity index (χ4v) is 2.49. The smallest absolute Gasteiger partial charge is 0.352 e. The number of carbonyl (C=O) groups is 2. The van der Waals surface area contributed by atoms with Crippen molar-refractivity contribution >= 4 is 17.8 Å². The molecule has 0 radical (unpaired) electrons. The lowest BCUT2D eigenvalue weighted by Gasteiger charge is -2.18. The van der Waals surface area contributed by atoms with Gasteiger partial charge in [0.2, 0.25) is 5.95 Å². The molecule has 0 saturated heterocycles. The first kappa shape index (κ1) is 20.3. The van der Waals surface area contributed by atoms with Crippen LogP contribution in [0, 0.1) is 12.7 Å². The number of aryl methyl sites for hydroxylation is 1. The number of hydrogen-bond donors (Lipinski definition) is 2. The van der Waals surface area contributed by atoms with Crippen LogP contribution in [0.1, 0.15) is 45.7 Å². The zero-order valence-electron chi connectivity index (χ0n) is 14.6. The number of alkyl halides is 3. The normalized spacial score (nSPS) is 11.4. The molecule has 2 amide bonds. The molecule has 0 bridgehead atoms. The minimum absolute atomic E-state index is 0.0553. The van der Waals surface area contributed by atoms with Crippen molar-refractivity contribution in [3.8, 4) is 0 Å². The third-order valence-electron chi connectivity index (χ3n) is 3.68. The number of nitrogens with zero attached hydrogens (tertiary/aromatic N) is 4. The van der Waals surface area contributed by atoms with Crippen LogP contribution in [0.3, 0.4) is 0 Å². The van der Waals surface area contributed by atoms with Crippen LogP contribution < -0.4 is 10.6 Å². The maximum atomic E-state index is 14.4. The number of nitrogens with one attached hydrogen (secondary N) is 2. The molecule has 0 unspecified atom stereocenters. The van der Waals surface area contributed by atoms with Gasteiger partial charge in [0, 0.05) is 13.1 Å². The minimum atomic E-state index is -4.98. The number of aromatic nitrogens is 4. The first-order valence-electron chi connectivity index (χ1n) is 7.87. The number of hydrogen-bond acceptors (Lipinski definition) is 5. The van der Waals surface area contributed by atoms with E-state index >= 15 is 0 Å². The SMILES string of the molecule is CCNC(=O)c1c(C(F)(F)F)cc(F)c(C(=O)Nc2nnnn2CC)c1C. The molecule has 0 aliphatic rings. The molecule has 8 nitrogen and oxygen atoms in total. The lowest BCUT2D eigenvalue weighted by atomic mass is 9.94. The Morgan fingerprint density at radius 1 is 1.19 bits per heavy atom. The maximum absolute atomic E-state index is 14.4. The van der Waals surface area contributed by atoms with Gasteiger partial charge in [0.25, 0.3) is 11.8 Å². The standard InChI is InChI=1S/C15H16F4N6O2/c1-4-20-12(26)10-7(3)11(9(16)6-8(10)15(17,18)19)13(27)21-14-22-23-24-25(14)5-2/h6H,4-5H2,1-3H3,(H,20,26)(H,21,22,24,27). The third kappa shape index (κ3) is 4.04. The highest BCUT2D eigenvalue weighted by atomic mass is 19.4. The Bertz CT molecular complexity index is 878. The molecule has 1 aromatic carbocycles. The van der Waals surface area contributed by atoms with Crippen molar-refractivity contribution in [2.75, 3.05) is 11.9 Å². The molecule has 12 heteroatoms. The van der Waals surface area contributed by atoms with Crippen LogP contribution in [0.5, 0.6) is 0 Å². The van der Waals surface area contributed by atoms with Crippen molar-refractivity contribution in [1.82, 2.24) is 25.5 Å². The molecule has 0 atom stereocenters. The van der Waals surface area contributed by atoms with E-state index in [0.29, 0.717) is 6.54 Å². The topological polar surface area (TPSA) is 102 Å². The van der Waals surface area contributed by atoms with Crippen LogP contribution >= 0.6 is 0 Å². The molecule has 0 aliphatic heterocycles. The fraction of sp³-hybridized carbons (Fsp3) is 0.400. The van der Waals surface area contributed by atoms with Crippen LogP contribution in [-0.2, 0) is 12.7 Å². The Hall–Kier alpha value is -3.05. The van der Waals surface area contributed by atoms with Gasteiger partial charge in [-0.15, -0.1) is 0 Å². The minimum Gasteiger partial charge on any atom is -0.352 e. The Labute approximate surface area is 150 Å². The number of benzene rings is 1. The molecule has 2 aromatic rings. The van der Waals surface area contributed by atoms with Gasteiger partial charge < -0.3 is 5.32 Å². The lowest BCUT2D eigenvalue weighted by molar-refractivity contribution is -0.138. The number of tetrazole rings is 1. The van der Waals surface area contributed by atoms with Crippen LogP contribution in [0.4, 0.5) is 23.5 Å². The summed E-state index contributed by atoms with van der Waals surface area (Å²) < 4.78 is 55.4. The zero-order chi connectivity index (χ0) is 20.4. The van der Waals surface area contributed by atoms with Crippen molar-refractivity contribution in [2.45, 2.75) is 33.5 Å². The molecule has 0 spiro atoms. The van der Waals surface area contributed by atoms with E-state index in [9.17, 15) is 27.2 Å². The van der Waals surface area contributed by atoms with Gasteiger partial charge in [-0.05, 0) is 42.8 Å². The number of amides is 2. The van der Waals surface area contributed by atoms with Crippen LogP contribution in [0.25, 0.3) is 0 Å². The molecule has 146 valence electrons. The second-order valence-electron chi connectivity index (χ2n) is 5.41. The predicted octanol–water partition coefficient (Wildman–Crippen LogP) is 2.16.